The number of fused-ring (bicyclic) bond motifs is 1. The lowest BCUT2D eigenvalue weighted by molar-refractivity contribution is -0.123. The summed E-state index contributed by atoms with van der Waals surface area (Å²) in [5, 5.41) is 12.9. The molecule has 5 rings (SSSR count). The number of hydrogen-bond donors (Lipinski definition) is 0. The van der Waals surface area contributed by atoms with Crippen molar-refractivity contribution in [2.75, 3.05) is 6.54 Å². The summed E-state index contributed by atoms with van der Waals surface area (Å²) in [4.78, 5) is 15.1. The van der Waals surface area contributed by atoms with E-state index in [0.29, 0.717) is 6.54 Å². The summed E-state index contributed by atoms with van der Waals surface area (Å²) in [5.74, 6) is 0.821. The second-order valence-corrected chi connectivity index (χ2v) is 7.56. The minimum atomic E-state index is -0.218. The van der Waals surface area contributed by atoms with E-state index >= 15 is 0 Å². The predicted molar refractivity (Wildman–Crippen MR) is 111 cm³/mol. The first kappa shape index (κ1) is 18.4. The molecule has 0 saturated carbocycles. The number of pyridine rings is 1. The van der Waals surface area contributed by atoms with E-state index in [1.165, 1.54) is 0 Å². The Hall–Kier alpha value is -3.68. The number of carbonyl (C=O) groups is 1. The van der Waals surface area contributed by atoms with Crippen LogP contribution in [-0.4, -0.2) is 54.6 Å². The molecule has 1 aromatic carbocycles. The van der Waals surface area contributed by atoms with Crippen molar-refractivity contribution < 1.29 is 9.53 Å². The number of benzene rings is 1. The highest BCUT2D eigenvalue weighted by Crippen LogP contribution is 2.37. The van der Waals surface area contributed by atoms with Crippen LogP contribution in [0.5, 0.6) is 5.75 Å². The maximum atomic E-state index is 11.7. The van der Waals surface area contributed by atoms with Gasteiger partial charge in [-0.05, 0) is 43.2 Å². The van der Waals surface area contributed by atoms with Crippen LogP contribution < -0.4 is 4.74 Å². The van der Waals surface area contributed by atoms with Crippen LogP contribution in [0.2, 0.25) is 0 Å². The molecule has 3 aromatic heterocycles. The second-order valence-electron chi connectivity index (χ2n) is 7.56. The number of amides is 1. The molecule has 4 aromatic rings. The third-order valence-corrected chi connectivity index (χ3v) is 5.78. The smallest absolute Gasteiger partial charge is 0.210 e. The predicted octanol–water partition coefficient (Wildman–Crippen LogP) is 2.70. The lowest BCUT2D eigenvalue weighted by Gasteiger charge is -2.41. The molecule has 0 bridgehead atoms. The molecule has 4 heterocycles. The Morgan fingerprint density at radius 2 is 1.87 bits per heavy atom. The monoisotopic (exact) mass is 402 g/mol. The van der Waals surface area contributed by atoms with Crippen molar-refractivity contribution in [2.45, 2.75) is 31.4 Å². The number of rotatable bonds is 5. The Kier molecular flexibility index (Phi) is 4.66. The SMILES string of the molecule is C[C@@H]1CC(c2ccccc2-n2nccn2)[C@@H](Oc2cccn3nccc23)CN1C=O. The molecule has 1 aliphatic heterocycles. The fraction of sp³-hybridized carbons (Fsp3) is 0.273. The van der Waals surface area contributed by atoms with Gasteiger partial charge in [0, 0.05) is 18.2 Å². The maximum absolute atomic E-state index is 11.7. The topological polar surface area (TPSA) is 77.5 Å². The molecular weight excluding hydrogens is 380 g/mol. The summed E-state index contributed by atoms with van der Waals surface area (Å²) in [5.41, 5.74) is 2.93. The molecule has 0 N–H and O–H groups in total. The van der Waals surface area contributed by atoms with Crippen LogP contribution in [0.25, 0.3) is 11.2 Å². The van der Waals surface area contributed by atoms with Gasteiger partial charge in [-0.15, -0.1) is 0 Å². The lowest BCUT2D eigenvalue weighted by atomic mass is 9.83. The van der Waals surface area contributed by atoms with E-state index in [2.05, 4.69) is 28.3 Å². The zero-order valence-electron chi connectivity index (χ0n) is 16.6. The molecular formula is C22H22N6O2. The number of aromatic nitrogens is 5. The van der Waals surface area contributed by atoms with Crippen molar-refractivity contribution in [3.05, 3.63) is 72.8 Å². The molecule has 30 heavy (non-hydrogen) atoms. The Balaban J connectivity index is 1.56. The minimum absolute atomic E-state index is 0.0709. The number of nitrogens with zero attached hydrogens (tertiary/aromatic N) is 6. The number of piperidine rings is 1. The minimum Gasteiger partial charge on any atom is -0.486 e. The van der Waals surface area contributed by atoms with Crippen LogP contribution in [0.4, 0.5) is 0 Å². The van der Waals surface area contributed by atoms with Crippen molar-refractivity contribution in [3.63, 3.8) is 0 Å². The van der Waals surface area contributed by atoms with Crippen molar-refractivity contribution in [3.8, 4) is 11.4 Å². The number of likely N-dealkylation sites (tertiary alicyclic amines) is 1. The molecule has 1 unspecified atom stereocenters. The van der Waals surface area contributed by atoms with E-state index in [-0.39, 0.29) is 18.1 Å². The fourth-order valence-corrected chi connectivity index (χ4v) is 4.27. The second kappa shape index (κ2) is 7.62. The molecule has 8 heteroatoms. The molecule has 0 aliphatic carbocycles. The van der Waals surface area contributed by atoms with Gasteiger partial charge in [-0.3, -0.25) is 4.79 Å². The number of hydrogen-bond acceptors (Lipinski definition) is 5. The Bertz CT molecular complexity index is 1160. The Morgan fingerprint density at radius 3 is 2.70 bits per heavy atom. The molecule has 1 amide bonds. The normalized spacial score (nSPS) is 21.6. The van der Waals surface area contributed by atoms with Gasteiger partial charge in [-0.2, -0.15) is 20.1 Å². The number of para-hydroxylation sites is 1. The lowest BCUT2D eigenvalue weighted by Crippen LogP contribution is -2.49. The molecule has 152 valence electrons. The number of ether oxygens (including phenoxy) is 1. The van der Waals surface area contributed by atoms with Gasteiger partial charge < -0.3 is 9.64 Å². The molecule has 0 spiro atoms. The molecule has 8 nitrogen and oxygen atoms in total. The zero-order valence-corrected chi connectivity index (χ0v) is 16.6. The van der Waals surface area contributed by atoms with Gasteiger partial charge in [0.05, 0.1) is 30.8 Å². The average Bonchev–Trinajstić information content (AvgIpc) is 3.47. The van der Waals surface area contributed by atoms with Crippen molar-refractivity contribution in [1.82, 2.24) is 29.5 Å². The van der Waals surface area contributed by atoms with E-state index < -0.39 is 0 Å². The molecule has 1 saturated heterocycles. The summed E-state index contributed by atoms with van der Waals surface area (Å²) in [6.45, 7) is 2.58. The van der Waals surface area contributed by atoms with E-state index in [1.807, 2.05) is 47.5 Å². The quantitative estimate of drug-likeness (QED) is 0.480. The highest BCUT2D eigenvalue weighted by Gasteiger charge is 2.37. The van der Waals surface area contributed by atoms with Gasteiger partial charge >= 0.3 is 0 Å². The zero-order chi connectivity index (χ0) is 20.5. The maximum Gasteiger partial charge on any atom is 0.210 e. The first-order chi connectivity index (χ1) is 14.7. The van der Waals surface area contributed by atoms with E-state index in [0.717, 1.165) is 35.3 Å². The van der Waals surface area contributed by atoms with E-state index in [9.17, 15) is 4.79 Å². The van der Waals surface area contributed by atoms with Gasteiger partial charge in [0.2, 0.25) is 6.41 Å². The third-order valence-electron chi connectivity index (χ3n) is 5.78. The van der Waals surface area contributed by atoms with Gasteiger partial charge in [0.15, 0.2) is 0 Å². The first-order valence-corrected chi connectivity index (χ1v) is 10.0. The summed E-state index contributed by atoms with van der Waals surface area (Å²) >= 11 is 0. The van der Waals surface area contributed by atoms with Crippen LogP contribution in [0.3, 0.4) is 0 Å². The van der Waals surface area contributed by atoms with E-state index in [1.54, 1.807) is 27.9 Å². The average molecular weight is 402 g/mol. The van der Waals surface area contributed by atoms with Gasteiger partial charge in [0.1, 0.15) is 17.4 Å². The van der Waals surface area contributed by atoms with Crippen molar-refractivity contribution in [2.24, 2.45) is 0 Å². The van der Waals surface area contributed by atoms with E-state index in [4.69, 9.17) is 4.74 Å². The summed E-state index contributed by atoms with van der Waals surface area (Å²) in [7, 11) is 0. The van der Waals surface area contributed by atoms with Gasteiger partial charge in [-0.25, -0.2) is 4.52 Å². The largest absolute Gasteiger partial charge is 0.486 e. The van der Waals surface area contributed by atoms with Crippen LogP contribution in [-0.2, 0) is 4.79 Å². The molecule has 1 fully saturated rings. The van der Waals surface area contributed by atoms with Crippen molar-refractivity contribution in [1.29, 1.82) is 0 Å². The van der Waals surface area contributed by atoms with Crippen LogP contribution >= 0.6 is 0 Å². The molecule has 0 radical (unpaired) electrons. The fourth-order valence-electron chi connectivity index (χ4n) is 4.27. The first-order valence-electron chi connectivity index (χ1n) is 10.0. The highest BCUT2D eigenvalue weighted by molar-refractivity contribution is 5.59. The number of carbonyl (C=O) groups excluding carboxylic acids is 1. The summed E-state index contributed by atoms with van der Waals surface area (Å²) in [6.07, 6.45) is 8.45. The molecule has 3 atom stereocenters. The Labute approximate surface area is 173 Å². The van der Waals surface area contributed by atoms with Gasteiger partial charge in [-0.1, -0.05) is 18.2 Å². The van der Waals surface area contributed by atoms with Crippen LogP contribution in [0, 0.1) is 0 Å². The third kappa shape index (κ3) is 3.20. The Morgan fingerprint density at radius 1 is 1.03 bits per heavy atom. The van der Waals surface area contributed by atoms with Crippen molar-refractivity contribution >= 4 is 11.9 Å². The standard InChI is InChI=1S/C22H22N6O2/c1-16-13-18(17-5-2-3-6-19(17)28-24-10-11-25-28)22(14-26(16)15-29)30-21-7-4-12-27-20(21)8-9-23-27/h2-12,15-16,18,22H,13-14H2,1H3/t16-,18?,22+/m1/s1. The summed E-state index contributed by atoms with van der Waals surface area (Å²) < 4.78 is 8.32. The highest BCUT2D eigenvalue weighted by atomic mass is 16.5. The summed E-state index contributed by atoms with van der Waals surface area (Å²) in [6, 6.07) is 14.0. The van der Waals surface area contributed by atoms with Crippen LogP contribution in [0.15, 0.2) is 67.3 Å². The van der Waals surface area contributed by atoms with Crippen LogP contribution in [0.1, 0.15) is 24.8 Å². The molecule has 1 aliphatic rings. The van der Waals surface area contributed by atoms with Gasteiger partial charge in [0.25, 0.3) is 0 Å².